The van der Waals surface area contributed by atoms with Gasteiger partial charge in [0.05, 0.1) is 5.56 Å². The lowest BCUT2D eigenvalue weighted by atomic mass is 9.99. The van der Waals surface area contributed by atoms with Gasteiger partial charge in [-0.3, -0.25) is 9.69 Å². The van der Waals surface area contributed by atoms with Crippen molar-refractivity contribution in [2.24, 2.45) is 0 Å². The minimum absolute atomic E-state index is 0.0765. The molecular weight excluding hydrogens is 280 g/mol. The molecule has 1 amide bonds. The number of benzene rings is 1. The predicted molar refractivity (Wildman–Crippen MR) is 82.5 cm³/mol. The lowest BCUT2D eigenvalue weighted by Crippen LogP contribution is -2.56. The molecule has 0 spiro atoms. The third-order valence-electron chi connectivity index (χ3n) is 4.92. The molecule has 0 radical (unpaired) electrons. The lowest BCUT2D eigenvalue weighted by Gasteiger charge is -2.44. The molecule has 5 nitrogen and oxygen atoms in total. The molecule has 0 aliphatic carbocycles. The largest absolute Gasteiger partial charge is 0.486 e. The molecule has 2 saturated heterocycles. The molecule has 0 saturated carbocycles. The summed E-state index contributed by atoms with van der Waals surface area (Å²) >= 11 is 0. The SMILES string of the molecule is O=C(c1cccc2c1OCCO2)N1CCN2CCCCC2C1. The number of para-hydroxylation sites is 1. The number of fused-ring (bicyclic) bond motifs is 2. The van der Waals surface area contributed by atoms with E-state index < -0.39 is 0 Å². The van der Waals surface area contributed by atoms with Crippen LogP contribution in [-0.2, 0) is 0 Å². The number of piperazine rings is 1. The maximum absolute atomic E-state index is 12.9. The Kier molecular flexibility index (Phi) is 3.66. The van der Waals surface area contributed by atoms with E-state index in [1.54, 1.807) is 0 Å². The Bertz CT molecular complexity index is 575. The van der Waals surface area contributed by atoms with E-state index >= 15 is 0 Å². The van der Waals surface area contributed by atoms with E-state index in [4.69, 9.17) is 9.47 Å². The first-order valence-electron chi connectivity index (χ1n) is 8.25. The summed E-state index contributed by atoms with van der Waals surface area (Å²) in [4.78, 5) is 17.4. The molecule has 0 N–H and O–H groups in total. The van der Waals surface area contributed by atoms with Crippen molar-refractivity contribution in [3.05, 3.63) is 23.8 Å². The van der Waals surface area contributed by atoms with Crippen molar-refractivity contribution in [3.8, 4) is 11.5 Å². The highest BCUT2D eigenvalue weighted by atomic mass is 16.6. The van der Waals surface area contributed by atoms with Crippen LogP contribution in [0.3, 0.4) is 0 Å². The summed E-state index contributed by atoms with van der Waals surface area (Å²) in [6, 6.07) is 6.12. The highest BCUT2D eigenvalue weighted by Gasteiger charge is 2.33. The third-order valence-corrected chi connectivity index (χ3v) is 4.92. The van der Waals surface area contributed by atoms with Crippen molar-refractivity contribution < 1.29 is 14.3 Å². The quantitative estimate of drug-likeness (QED) is 0.793. The Labute approximate surface area is 130 Å². The van der Waals surface area contributed by atoms with Crippen LogP contribution in [0.1, 0.15) is 29.6 Å². The molecule has 3 aliphatic rings. The topological polar surface area (TPSA) is 42.0 Å². The Balaban J connectivity index is 1.55. The molecule has 2 fully saturated rings. The van der Waals surface area contributed by atoms with E-state index in [1.807, 2.05) is 23.1 Å². The highest BCUT2D eigenvalue weighted by Crippen LogP contribution is 2.34. The van der Waals surface area contributed by atoms with Gasteiger partial charge in [0, 0.05) is 25.7 Å². The molecule has 3 heterocycles. The molecule has 3 aliphatic heterocycles. The average Bonchev–Trinajstić information content (AvgIpc) is 2.60. The van der Waals surface area contributed by atoms with Crippen LogP contribution in [0.4, 0.5) is 0 Å². The van der Waals surface area contributed by atoms with Gasteiger partial charge >= 0.3 is 0 Å². The number of carbonyl (C=O) groups excluding carboxylic acids is 1. The summed E-state index contributed by atoms with van der Waals surface area (Å²) in [7, 11) is 0. The fourth-order valence-electron chi connectivity index (χ4n) is 3.75. The predicted octanol–water partition coefficient (Wildman–Crippen LogP) is 1.77. The van der Waals surface area contributed by atoms with Crippen molar-refractivity contribution in [3.63, 3.8) is 0 Å². The summed E-state index contributed by atoms with van der Waals surface area (Å²) in [5, 5.41) is 0. The van der Waals surface area contributed by atoms with E-state index in [2.05, 4.69) is 4.90 Å². The second kappa shape index (κ2) is 5.80. The lowest BCUT2D eigenvalue weighted by molar-refractivity contribution is 0.0367. The van der Waals surface area contributed by atoms with E-state index in [0.717, 1.165) is 19.6 Å². The molecule has 0 bridgehead atoms. The number of piperidine rings is 1. The Morgan fingerprint density at radius 1 is 1.09 bits per heavy atom. The number of ether oxygens (including phenoxy) is 2. The van der Waals surface area contributed by atoms with Crippen molar-refractivity contribution in [2.75, 3.05) is 39.4 Å². The van der Waals surface area contributed by atoms with Gasteiger partial charge in [-0.1, -0.05) is 12.5 Å². The zero-order valence-corrected chi connectivity index (χ0v) is 12.8. The van der Waals surface area contributed by atoms with Gasteiger partial charge < -0.3 is 14.4 Å². The monoisotopic (exact) mass is 302 g/mol. The molecule has 1 aromatic carbocycles. The number of rotatable bonds is 1. The highest BCUT2D eigenvalue weighted by molar-refractivity contribution is 5.98. The summed E-state index contributed by atoms with van der Waals surface area (Å²) in [6.45, 7) is 4.87. The second-order valence-corrected chi connectivity index (χ2v) is 6.27. The smallest absolute Gasteiger partial charge is 0.257 e. The van der Waals surface area contributed by atoms with E-state index in [1.165, 1.54) is 25.8 Å². The van der Waals surface area contributed by atoms with Gasteiger partial charge in [0.2, 0.25) is 0 Å². The molecule has 0 aromatic heterocycles. The first-order chi connectivity index (χ1) is 10.8. The van der Waals surface area contributed by atoms with Crippen LogP contribution in [0.2, 0.25) is 0 Å². The molecule has 22 heavy (non-hydrogen) atoms. The molecule has 4 rings (SSSR count). The average molecular weight is 302 g/mol. The van der Waals surface area contributed by atoms with Gasteiger partial charge in [-0.15, -0.1) is 0 Å². The zero-order valence-electron chi connectivity index (χ0n) is 12.8. The number of hydrogen-bond donors (Lipinski definition) is 0. The van der Waals surface area contributed by atoms with Gasteiger partial charge in [0.1, 0.15) is 13.2 Å². The number of carbonyl (C=O) groups is 1. The van der Waals surface area contributed by atoms with Crippen LogP contribution in [0.5, 0.6) is 11.5 Å². The van der Waals surface area contributed by atoms with Crippen LogP contribution in [-0.4, -0.2) is 61.1 Å². The molecule has 118 valence electrons. The molecule has 1 aromatic rings. The van der Waals surface area contributed by atoms with Gasteiger partial charge in [-0.05, 0) is 31.5 Å². The van der Waals surface area contributed by atoms with Crippen LogP contribution < -0.4 is 9.47 Å². The fourth-order valence-corrected chi connectivity index (χ4v) is 3.75. The molecule has 5 heteroatoms. The number of amides is 1. The number of nitrogens with zero attached hydrogens (tertiary/aromatic N) is 2. The standard InChI is InChI=1S/C17H22N2O3/c20-17(14-5-3-6-15-16(14)22-11-10-21-15)19-9-8-18-7-2-1-4-13(18)12-19/h3,5-6,13H,1-2,4,7-12H2. The summed E-state index contributed by atoms with van der Waals surface area (Å²) in [5.41, 5.74) is 0.640. The van der Waals surface area contributed by atoms with Crippen molar-refractivity contribution in [1.29, 1.82) is 0 Å². The zero-order chi connectivity index (χ0) is 14.9. The van der Waals surface area contributed by atoms with E-state index in [-0.39, 0.29) is 5.91 Å². The molecular formula is C17H22N2O3. The maximum Gasteiger partial charge on any atom is 0.257 e. The number of hydrogen-bond acceptors (Lipinski definition) is 4. The van der Waals surface area contributed by atoms with Crippen molar-refractivity contribution in [1.82, 2.24) is 9.80 Å². The van der Waals surface area contributed by atoms with Crippen molar-refractivity contribution in [2.45, 2.75) is 25.3 Å². The van der Waals surface area contributed by atoms with Crippen LogP contribution in [0, 0.1) is 0 Å². The maximum atomic E-state index is 12.9. The third kappa shape index (κ3) is 2.43. The fraction of sp³-hybridized carbons (Fsp3) is 0.588. The van der Waals surface area contributed by atoms with Gasteiger partial charge in [0.25, 0.3) is 5.91 Å². The summed E-state index contributed by atoms with van der Waals surface area (Å²) in [5.74, 6) is 1.38. The van der Waals surface area contributed by atoms with Gasteiger partial charge in [0.15, 0.2) is 11.5 Å². The second-order valence-electron chi connectivity index (χ2n) is 6.27. The van der Waals surface area contributed by atoms with Crippen LogP contribution in [0.15, 0.2) is 18.2 Å². The van der Waals surface area contributed by atoms with E-state index in [0.29, 0.717) is 36.3 Å². The first-order valence-corrected chi connectivity index (χ1v) is 8.25. The minimum Gasteiger partial charge on any atom is -0.486 e. The Hall–Kier alpha value is -1.75. The molecule has 1 unspecified atom stereocenters. The summed E-state index contributed by atoms with van der Waals surface area (Å²) < 4.78 is 11.3. The summed E-state index contributed by atoms with van der Waals surface area (Å²) in [6.07, 6.45) is 3.78. The minimum atomic E-state index is 0.0765. The molecule has 1 atom stereocenters. The van der Waals surface area contributed by atoms with Gasteiger partial charge in [-0.2, -0.15) is 0 Å². The first kappa shape index (κ1) is 13.9. The van der Waals surface area contributed by atoms with Crippen molar-refractivity contribution >= 4 is 5.91 Å². The Morgan fingerprint density at radius 3 is 2.95 bits per heavy atom. The van der Waals surface area contributed by atoms with Gasteiger partial charge in [-0.25, -0.2) is 0 Å². The van der Waals surface area contributed by atoms with E-state index in [9.17, 15) is 4.79 Å². The van der Waals surface area contributed by atoms with Crippen LogP contribution >= 0.6 is 0 Å². The normalized spacial score (nSPS) is 24.7. The van der Waals surface area contributed by atoms with Crippen LogP contribution in [0.25, 0.3) is 0 Å². The Morgan fingerprint density at radius 2 is 2.00 bits per heavy atom.